The van der Waals surface area contributed by atoms with Crippen molar-refractivity contribution in [2.45, 2.75) is 36.1 Å². The van der Waals surface area contributed by atoms with Gasteiger partial charge in [0.15, 0.2) is 5.03 Å². The number of hydrogen-bond donors (Lipinski definition) is 0. The second-order valence-electron chi connectivity index (χ2n) is 11.7. The highest BCUT2D eigenvalue weighted by Crippen LogP contribution is 2.53. The van der Waals surface area contributed by atoms with E-state index in [0.717, 1.165) is 39.3 Å². The molecule has 44 heavy (non-hydrogen) atoms. The first-order chi connectivity index (χ1) is 21.2. The van der Waals surface area contributed by atoms with Gasteiger partial charge in [0, 0.05) is 5.41 Å². The maximum atomic E-state index is 13.4. The Kier molecular flexibility index (Phi) is 6.71. The van der Waals surface area contributed by atoms with E-state index in [0.29, 0.717) is 5.69 Å². The third-order valence-corrected chi connectivity index (χ3v) is 10.3. The summed E-state index contributed by atoms with van der Waals surface area (Å²) < 4.78 is 26.8. The lowest BCUT2D eigenvalue weighted by atomic mass is 9.72. The summed E-state index contributed by atoms with van der Waals surface area (Å²) in [6, 6.07) is 46.1. The van der Waals surface area contributed by atoms with Crippen molar-refractivity contribution in [3.8, 4) is 22.3 Å². The van der Waals surface area contributed by atoms with Gasteiger partial charge in [-0.1, -0.05) is 105 Å². The number of sulfone groups is 1. The molecule has 0 radical (unpaired) electrons. The fraction of sp³-hybridized carbons (Fsp3) is 0.103. The normalized spacial score (nSPS) is 13.7. The third-order valence-electron chi connectivity index (χ3n) is 8.64. The van der Waals surface area contributed by atoms with E-state index in [9.17, 15) is 8.42 Å². The van der Waals surface area contributed by atoms with Crippen molar-refractivity contribution in [2.75, 3.05) is 4.90 Å². The monoisotopic (exact) mass is 592 g/mol. The van der Waals surface area contributed by atoms with Gasteiger partial charge in [-0.15, -0.1) is 0 Å². The molecule has 0 saturated heterocycles. The van der Waals surface area contributed by atoms with Crippen LogP contribution < -0.4 is 4.90 Å². The van der Waals surface area contributed by atoms with Gasteiger partial charge in [-0.25, -0.2) is 13.4 Å². The SMILES string of the molecule is Cc1nc(S(=O)(=O)c2ccccc2)ccc1N1c2ccc(-c3ccccc3)cc2C(C)(C)c2cc(-c3ccccc3)ccc21. The van der Waals surface area contributed by atoms with Crippen LogP contribution in [0.5, 0.6) is 0 Å². The van der Waals surface area contributed by atoms with Crippen LogP contribution in [0.3, 0.4) is 0 Å². The molecule has 5 heteroatoms. The highest BCUT2D eigenvalue weighted by Gasteiger charge is 2.38. The summed E-state index contributed by atoms with van der Waals surface area (Å²) in [4.78, 5) is 7.15. The molecule has 0 fully saturated rings. The van der Waals surface area contributed by atoms with Crippen molar-refractivity contribution in [3.05, 3.63) is 156 Å². The van der Waals surface area contributed by atoms with Crippen molar-refractivity contribution < 1.29 is 8.42 Å². The molecule has 5 aromatic carbocycles. The molecule has 0 amide bonds. The molecule has 0 N–H and O–H groups in total. The largest absolute Gasteiger partial charge is 0.308 e. The molecule has 0 spiro atoms. The maximum Gasteiger partial charge on any atom is 0.223 e. The van der Waals surface area contributed by atoms with Crippen molar-refractivity contribution in [2.24, 2.45) is 0 Å². The van der Waals surface area contributed by atoms with E-state index in [1.165, 1.54) is 11.1 Å². The maximum absolute atomic E-state index is 13.4. The van der Waals surface area contributed by atoms with Gasteiger partial charge in [-0.3, -0.25) is 0 Å². The predicted molar refractivity (Wildman–Crippen MR) is 179 cm³/mol. The van der Waals surface area contributed by atoms with Gasteiger partial charge < -0.3 is 4.90 Å². The smallest absolute Gasteiger partial charge is 0.223 e. The summed E-state index contributed by atoms with van der Waals surface area (Å²) in [5, 5.41) is 0.0431. The van der Waals surface area contributed by atoms with Crippen LogP contribution in [-0.2, 0) is 15.3 Å². The fourth-order valence-corrected chi connectivity index (χ4v) is 7.52. The van der Waals surface area contributed by atoms with Gasteiger partial charge in [-0.05, 0) is 88.8 Å². The molecule has 2 heterocycles. The number of fused-ring (bicyclic) bond motifs is 2. The first-order valence-corrected chi connectivity index (χ1v) is 16.2. The van der Waals surface area contributed by atoms with Gasteiger partial charge in [-0.2, -0.15) is 0 Å². The molecule has 4 nitrogen and oxygen atoms in total. The molecule has 6 aromatic rings. The standard InChI is InChI=1S/C39H32N2O2S/c1-27-35(23-24-38(40-27)44(42,43)32-17-11-6-12-18-32)41-36-21-19-30(28-13-7-4-8-14-28)25-33(36)39(2,3)34-26-31(20-22-37(34)41)29-15-9-5-10-16-29/h4-26H,1-3H3. The summed E-state index contributed by atoms with van der Waals surface area (Å²) in [7, 11) is -3.75. The molecule has 1 aliphatic heterocycles. The van der Waals surface area contributed by atoms with Crippen LogP contribution in [0, 0.1) is 6.92 Å². The average molecular weight is 593 g/mol. The zero-order chi connectivity index (χ0) is 30.5. The van der Waals surface area contributed by atoms with E-state index >= 15 is 0 Å². The minimum absolute atomic E-state index is 0.0431. The molecular weight excluding hydrogens is 561 g/mol. The second-order valence-corrected chi connectivity index (χ2v) is 13.6. The zero-order valence-electron chi connectivity index (χ0n) is 24.9. The van der Waals surface area contributed by atoms with E-state index in [1.807, 2.05) is 25.1 Å². The number of hydrogen-bond acceptors (Lipinski definition) is 4. The minimum atomic E-state index is -3.75. The Bertz CT molecular complexity index is 2010. The van der Waals surface area contributed by atoms with Crippen LogP contribution in [0.4, 0.5) is 17.1 Å². The summed E-state index contributed by atoms with van der Waals surface area (Å²) >= 11 is 0. The summed E-state index contributed by atoms with van der Waals surface area (Å²) in [5.41, 5.74) is 10.3. The molecule has 0 atom stereocenters. The van der Waals surface area contributed by atoms with E-state index < -0.39 is 9.84 Å². The second kappa shape index (κ2) is 10.6. The molecule has 0 saturated carbocycles. The van der Waals surface area contributed by atoms with Crippen LogP contribution >= 0.6 is 0 Å². The lowest BCUT2D eigenvalue weighted by Crippen LogP contribution is -2.31. The first-order valence-electron chi connectivity index (χ1n) is 14.7. The van der Waals surface area contributed by atoms with E-state index in [2.05, 4.69) is 109 Å². The van der Waals surface area contributed by atoms with Gasteiger partial charge in [0.05, 0.1) is 27.7 Å². The van der Waals surface area contributed by atoms with Gasteiger partial charge in [0.2, 0.25) is 9.84 Å². The predicted octanol–water partition coefficient (Wildman–Crippen LogP) is 9.67. The van der Waals surface area contributed by atoms with E-state index in [4.69, 9.17) is 0 Å². The van der Waals surface area contributed by atoms with Gasteiger partial charge in [0.1, 0.15) is 0 Å². The van der Waals surface area contributed by atoms with Crippen LogP contribution in [0.1, 0.15) is 30.7 Å². The molecule has 216 valence electrons. The molecule has 7 rings (SSSR count). The Hall–Kier alpha value is -5.00. The topological polar surface area (TPSA) is 50.3 Å². The van der Waals surface area contributed by atoms with Crippen LogP contribution in [0.15, 0.2) is 149 Å². The summed E-state index contributed by atoms with van der Waals surface area (Å²) in [5.74, 6) is 0. The average Bonchev–Trinajstić information content (AvgIpc) is 3.06. The quantitative estimate of drug-likeness (QED) is 0.200. The third kappa shape index (κ3) is 4.61. The zero-order valence-corrected chi connectivity index (χ0v) is 25.7. The molecule has 0 bridgehead atoms. The Labute approximate surface area is 259 Å². The molecule has 0 aliphatic carbocycles. The number of aryl methyl sites for hydroxylation is 1. The van der Waals surface area contributed by atoms with Crippen LogP contribution in [-0.4, -0.2) is 13.4 Å². The van der Waals surface area contributed by atoms with Gasteiger partial charge in [0.25, 0.3) is 0 Å². The van der Waals surface area contributed by atoms with Crippen molar-refractivity contribution in [1.82, 2.24) is 4.98 Å². The molecular formula is C39H32N2O2S. The lowest BCUT2D eigenvalue weighted by molar-refractivity contribution is 0.592. The highest BCUT2D eigenvalue weighted by molar-refractivity contribution is 7.91. The molecule has 1 aliphatic rings. The van der Waals surface area contributed by atoms with Crippen molar-refractivity contribution in [3.63, 3.8) is 0 Å². The van der Waals surface area contributed by atoms with E-state index in [-0.39, 0.29) is 15.3 Å². The number of anilines is 3. The van der Waals surface area contributed by atoms with E-state index in [1.54, 1.807) is 36.4 Å². The molecule has 0 unspecified atom stereocenters. The number of aromatic nitrogens is 1. The number of benzene rings is 5. The lowest BCUT2D eigenvalue weighted by Gasteiger charge is -2.43. The first kappa shape index (κ1) is 27.8. The Morgan fingerprint density at radius 1 is 0.545 bits per heavy atom. The highest BCUT2D eigenvalue weighted by atomic mass is 32.2. The van der Waals surface area contributed by atoms with Crippen LogP contribution in [0.2, 0.25) is 0 Å². The number of pyridine rings is 1. The molecule has 1 aromatic heterocycles. The van der Waals surface area contributed by atoms with Crippen LogP contribution in [0.25, 0.3) is 22.3 Å². The number of nitrogens with zero attached hydrogens (tertiary/aromatic N) is 2. The Morgan fingerprint density at radius 3 is 1.48 bits per heavy atom. The van der Waals surface area contributed by atoms with Crippen molar-refractivity contribution >= 4 is 26.9 Å². The Balaban J connectivity index is 1.43. The van der Waals surface area contributed by atoms with Crippen molar-refractivity contribution in [1.29, 1.82) is 0 Å². The van der Waals surface area contributed by atoms with Gasteiger partial charge >= 0.3 is 0 Å². The summed E-state index contributed by atoms with van der Waals surface area (Å²) in [6.45, 7) is 6.45. The fourth-order valence-electron chi connectivity index (χ4n) is 6.26. The Morgan fingerprint density at radius 2 is 1.00 bits per heavy atom. The number of rotatable bonds is 5. The summed E-state index contributed by atoms with van der Waals surface area (Å²) in [6.07, 6.45) is 0. The minimum Gasteiger partial charge on any atom is -0.308 e.